The highest BCUT2D eigenvalue weighted by atomic mass is 35.5. The number of ether oxygens (including phenoxy) is 2. The van der Waals surface area contributed by atoms with Gasteiger partial charge in [0.25, 0.3) is 0 Å². The molecule has 2 atom stereocenters. The number of nitrogens with zero attached hydrogens (tertiary/aromatic N) is 1. The van der Waals surface area contributed by atoms with Gasteiger partial charge in [0.2, 0.25) is 0 Å². The van der Waals surface area contributed by atoms with Crippen molar-refractivity contribution >= 4 is 23.5 Å². The lowest BCUT2D eigenvalue weighted by Crippen LogP contribution is -2.46. The predicted octanol–water partition coefficient (Wildman–Crippen LogP) is 7.98. The van der Waals surface area contributed by atoms with Gasteiger partial charge in [-0.25, -0.2) is 9.59 Å². The summed E-state index contributed by atoms with van der Waals surface area (Å²) in [7, 11) is 0. The zero-order chi connectivity index (χ0) is 31.4. The molecule has 6 nitrogen and oxygen atoms in total. The number of rotatable bonds is 9. The van der Waals surface area contributed by atoms with E-state index < -0.39 is 35.2 Å². The fraction of sp³-hybridized carbons (Fsp3) is 0.242. The predicted molar refractivity (Wildman–Crippen MR) is 157 cm³/mol. The summed E-state index contributed by atoms with van der Waals surface area (Å²) in [5.41, 5.74) is -1.52. The first-order valence-electron chi connectivity index (χ1n) is 13.5. The number of alkyl halides is 3. The van der Waals surface area contributed by atoms with Gasteiger partial charge in [-0.05, 0) is 78.6 Å². The standard InChI is InChI=1S/C33H29ClF3NO5/c1-4-42-30(39)24-10-6-8-21(16-24)22-12-13-27(28(34)18-22)20(3)32(41,33(35,36)37)26-14-15-38-29(19-26)23-9-7-11-25(17-23)31(40)43-5-2/h6-20,41H,4-5H2,1-3H3. The van der Waals surface area contributed by atoms with Crippen LogP contribution in [0.4, 0.5) is 13.2 Å². The molecule has 0 saturated heterocycles. The van der Waals surface area contributed by atoms with E-state index in [1.807, 2.05) is 0 Å². The van der Waals surface area contributed by atoms with Gasteiger partial charge in [-0.2, -0.15) is 13.2 Å². The molecule has 1 aromatic heterocycles. The molecule has 2 unspecified atom stereocenters. The average molecular weight is 612 g/mol. The average Bonchev–Trinajstić information content (AvgIpc) is 3.00. The Morgan fingerprint density at radius 1 is 0.837 bits per heavy atom. The van der Waals surface area contributed by atoms with Gasteiger partial charge in [-0.15, -0.1) is 0 Å². The van der Waals surface area contributed by atoms with E-state index in [1.54, 1.807) is 56.3 Å². The molecular formula is C33H29ClF3NO5. The van der Waals surface area contributed by atoms with Crippen molar-refractivity contribution in [3.8, 4) is 22.4 Å². The highest BCUT2D eigenvalue weighted by Crippen LogP contribution is 2.50. The molecular weight excluding hydrogens is 583 g/mol. The summed E-state index contributed by atoms with van der Waals surface area (Å²) < 4.78 is 54.3. The number of aromatic nitrogens is 1. The van der Waals surface area contributed by atoms with Gasteiger partial charge in [0.15, 0.2) is 5.60 Å². The Morgan fingerprint density at radius 3 is 1.95 bits per heavy atom. The minimum absolute atomic E-state index is 0.00521. The molecule has 4 rings (SSSR count). The van der Waals surface area contributed by atoms with Crippen LogP contribution < -0.4 is 0 Å². The molecule has 0 aliphatic heterocycles. The third kappa shape index (κ3) is 6.58. The molecule has 0 amide bonds. The number of carbonyl (C=O) groups excluding carboxylic acids is 2. The Kier molecular flexibility index (Phi) is 9.57. The van der Waals surface area contributed by atoms with Gasteiger partial charge in [0, 0.05) is 22.7 Å². The summed E-state index contributed by atoms with van der Waals surface area (Å²) >= 11 is 6.54. The van der Waals surface area contributed by atoms with Crippen molar-refractivity contribution in [1.29, 1.82) is 0 Å². The molecule has 0 radical (unpaired) electrons. The molecule has 0 fully saturated rings. The molecule has 0 spiro atoms. The molecule has 4 aromatic rings. The second-order valence-corrected chi connectivity index (χ2v) is 10.2. The molecule has 224 valence electrons. The largest absolute Gasteiger partial charge is 0.462 e. The molecule has 0 saturated carbocycles. The summed E-state index contributed by atoms with van der Waals surface area (Å²) in [6.07, 6.45) is -3.93. The lowest BCUT2D eigenvalue weighted by atomic mass is 9.77. The van der Waals surface area contributed by atoms with Crippen molar-refractivity contribution in [2.75, 3.05) is 13.2 Å². The van der Waals surface area contributed by atoms with E-state index in [-0.39, 0.29) is 35.1 Å². The Morgan fingerprint density at radius 2 is 1.40 bits per heavy atom. The summed E-state index contributed by atoms with van der Waals surface area (Å²) in [5, 5.41) is 11.5. The van der Waals surface area contributed by atoms with Crippen LogP contribution in [0.5, 0.6) is 0 Å². The fourth-order valence-corrected chi connectivity index (χ4v) is 5.17. The van der Waals surface area contributed by atoms with Gasteiger partial charge in [-0.3, -0.25) is 4.98 Å². The van der Waals surface area contributed by atoms with E-state index >= 15 is 0 Å². The maximum absolute atomic E-state index is 14.8. The summed E-state index contributed by atoms with van der Waals surface area (Å²) in [4.78, 5) is 28.5. The molecule has 0 aliphatic carbocycles. The summed E-state index contributed by atoms with van der Waals surface area (Å²) in [6, 6.07) is 19.5. The lowest BCUT2D eigenvalue weighted by molar-refractivity contribution is -0.274. The topological polar surface area (TPSA) is 85.7 Å². The minimum Gasteiger partial charge on any atom is -0.462 e. The quantitative estimate of drug-likeness (QED) is 0.193. The maximum Gasteiger partial charge on any atom is 0.422 e. The van der Waals surface area contributed by atoms with Crippen molar-refractivity contribution in [3.63, 3.8) is 0 Å². The van der Waals surface area contributed by atoms with Crippen molar-refractivity contribution in [3.05, 3.63) is 112 Å². The zero-order valence-electron chi connectivity index (χ0n) is 23.6. The van der Waals surface area contributed by atoms with Gasteiger partial charge < -0.3 is 14.6 Å². The smallest absolute Gasteiger partial charge is 0.422 e. The first-order valence-corrected chi connectivity index (χ1v) is 13.9. The summed E-state index contributed by atoms with van der Waals surface area (Å²) in [6.45, 7) is 4.98. The number of halogens is 4. The Hall–Kier alpha value is -4.21. The van der Waals surface area contributed by atoms with E-state index in [1.165, 1.54) is 37.4 Å². The third-order valence-corrected chi connectivity index (χ3v) is 7.43. The van der Waals surface area contributed by atoms with Crippen LogP contribution in [-0.2, 0) is 15.1 Å². The van der Waals surface area contributed by atoms with Crippen LogP contribution in [0.15, 0.2) is 85.1 Å². The van der Waals surface area contributed by atoms with Crippen molar-refractivity contribution in [2.45, 2.75) is 38.5 Å². The highest BCUT2D eigenvalue weighted by Gasteiger charge is 2.59. The van der Waals surface area contributed by atoms with Gasteiger partial charge in [0.05, 0.1) is 30.0 Å². The molecule has 0 aliphatic rings. The highest BCUT2D eigenvalue weighted by molar-refractivity contribution is 6.31. The van der Waals surface area contributed by atoms with Gasteiger partial charge in [-0.1, -0.05) is 54.9 Å². The van der Waals surface area contributed by atoms with Crippen LogP contribution in [-0.4, -0.2) is 41.4 Å². The Balaban J connectivity index is 1.72. The van der Waals surface area contributed by atoms with Crippen LogP contribution >= 0.6 is 11.6 Å². The van der Waals surface area contributed by atoms with Gasteiger partial charge >= 0.3 is 18.1 Å². The number of hydrogen-bond acceptors (Lipinski definition) is 6. The van der Waals surface area contributed by atoms with Crippen LogP contribution in [0.25, 0.3) is 22.4 Å². The molecule has 3 aromatic carbocycles. The van der Waals surface area contributed by atoms with Gasteiger partial charge in [0.1, 0.15) is 0 Å². The van der Waals surface area contributed by atoms with E-state index in [0.29, 0.717) is 22.3 Å². The second-order valence-electron chi connectivity index (χ2n) is 9.75. The van der Waals surface area contributed by atoms with Crippen LogP contribution in [0.2, 0.25) is 5.02 Å². The lowest BCUT2D eigenvalue weighted by Gasteiger charge is -2.37. The van der Waals surface area contributed by atoms with E-state index in [4.69, 9.17) is 21.1 Å². The molecule has 43 heavy (non-hydrogen) atoms. The van der Waals surface area contributed by atoms with Crippen molar-refractivity contribution < 1.29 is 37.3 Å². The van der Waals surface area contributed by atoms with Crippen molar-refractivity contribution in [2.24, 2.45) is 0 Å². The van der Waals surface area contributed by atoms with Crippen molar-refractivity contribution in [1.82, 2.24) is 4.98 Å². The first kappa shape index (κ1) is 31.7. The zero-order valence-corrected chi connectivity index (χ0v) is 24.4. The first-order chi connectivity index (χ1) is 20.4. The molecule has 10 heteroatoms. The fourth-order valence-electron chi connectivity index (χ4n) is 4.83. The third-order valence-electron chi connectivity index (χ3n) is 7.10. The monoisotopic (exact) mass is 611 g/mol. The number of benzene rings is 3. The SMILES string of the molecule is CCOC(=O)c1cccc(-c2ccc(C(C)C(O)(c3ccnc(-c4cccc(C(=O)OCC)c4)c3)C(F)(F)F)c(Cl)c2)c1. The molecule has 1 heterocycles. The second kappa shape index (κ2) is 13.0. The number of carbonyl (C=O) groups is 2. The molecule has 0 bridgehead atoms. The number of pyridine rings is 1. The maximum atomic E-state index is 14.8. The number of hydrogen-bond donors (Lipinski definition) is 1. The summed E-state index contributed by atoms with van der Waals surface area (Å²) in [5.74, 6) is -2.62. The van der Waals surface area contributed by atoms with Crippen LogP contribution in [0.3, 0.4) is 0 Å². The Labute approximate surface area is 252 Å². The number of esters is 2. The van der Waals surface area contributed by atoms with E-state index in [2.05, 4.69) is 4.98 Å². The van der Waals surface area contributed by atoms with E-state index in [9.17, 15) is 27.9 Å². The Bertz CT molecular complexity index is 1640. The minimum atomic E-state index is -5.10. The number of aliphatic hydroxyl groups is 1. The molecule has 1 N–H and O–H groups in total. The van der Waals surface area contributed by atoms with Crippen LogP contribution in [0, 0.1) is 0 Å². The van der Waals surface area contributed by atoms with Crippen LogP contribution in [0.1, 0.15) is 58.5 Å². The van der Waals surface area contributed by atoms with E-state index in [0.717, 1.165) is 12.1 Å². The normalized spacial score (nSPS) is 13.6.